The Kier molecular flexibility index (Phi) is 5.94. The van der Waals surface area contributed by atoms with Gasteiger partial charge in [-0.3, -0.25) is 9.59 Å². The summed E-state index contributed by atoms with van der Waals surface area (Å²) in [5, 5.41) is 0.372. The van der Waals surface area contributed by atoms with E-state index in [1.165, 1.54) is 12.8 Å². The van der Waals surface area contributed by atoms with E-state index >= 15 is 0 Å². The third kappa shape index (κ3) is 4.21. The molecular formula is C19H24N2O5S. The van der Waals surface area contributed by atoms with Crippen molar-refractivity contribution in [2.45, 2.75) is 59.0 Å². The first-order valence-corrected chi connectivity index (χ1v) is 10.1. The molecule has 7 nitrogen and oxygen atoms in total. The minimum Gasteiger partial charge on any atom is -0.462 e. The number of aromatic amines is 1. The Hall–Kier alpha value is -2.22. The minimum absolute atomic E-state index is 0.259. The normalized spacial score (nSPS) is 15.8. The zero-order valence-electron chi connectivity index (χ0n) is 15.8. The van der Waals surface area contributed by atoms with Crippen molar-refractivity contribution in [2.75, 3.05) is 6.61 Å². The average molecular weight is 392 g/mol. The maximum Gasteiger partial charge on any atom is 0.348 e. The second-order valence-electron chi connectivity index (χ2n) is 6.89. The highest BCUT2D eigenvalue weighted by Crippen LogP contribution is 2.30. The number of thiophene rings is 1. The lowest BCUT2D eigenvalue weighted by Gasteiger charge is -2.14. The van der Waals surface area contributed by atoms with Crippen LogP contribution in [0, 0.1) is 12.8 Å². The molecule has 146 valence electrons. The monoisotopic (exact) mass is 392 g/mol. The Morgan fingerprint density at radius 1 is 1.33 bits per heavy atom. The van der Waals surface area contributed by atoms with Crippen molar-refractivity contribution >= 4 is 33.5 Å². The van der Waals surface area contributed by atoms with Gasteiger partial charge in [0.25, 0.3) is 5.56 Å². The Morgan fingerprint density at radius 3 is 2.70 bits per heavy atom. The van der Waals surface area contributed by atoms with Gasteiger partial charge in [-0.2, -0.15) is 0 Å². The number of rotatable bonds is 6. The van der Waals surface area contributed by atoms with Gasteiger partial charge in [-0.05, 0) is 45.1 Å². The topological polar surface area (TPSA) is 98.3 Å². The third-order valence-electron chi connectivity index (χ3n) is 4.90. The van der Waals surface area contributed by atoms with Crippen LogP contribution in [0.1, 0.15) is 73.1 Å². The molecule has 0 bridgehead atoms. The zero-order valence-corrected chi connectivity index (χ0v) is 16.6. The van der Waals surface area contributed by atoms with Crippen LogP contribution in [0.25, 0.3) is 10.2 Å². The fourth-order valence-corrected chi connectivity index (χ4v) is 4.58. The third-order valence-corrected chi connectivity index (χ3v) is 6.07. The van der Waals surface area contributed by atoms with Crippen LogP contribution in [-0.4, -0.2) is 28.5 Å². The summed E-state index contributed by atoms with van der Waals surface area (Å²) in [6.45, 7) is 5.37. The van der Waals surface area contributed by atoms with Gasteiger partial charge in [-0.25, -0.2) is 9.78 Å². The largest absolute Gasteiger partial charge is 0.462 e. The SMILES string of the molecule is CCOC(=O)c1sc2nc([C@@H](C)OC(=O)CC3CCCC3)[nH]c(=O)c2c1C. The summed E-state index contributed by atoms with van der Waals surface area (Å²) in [5.74, 6) is -0.0584. The van der Waals surface area contributed by atoms with E-state index < -0.39 is 12.1 Å². The first-order chi connectivity index (χ1) is 12.9. The molecule has 1 N–H and O–H groups in total. The summed E-state index contributed by atoms with van der Waals surface area (Å²) in [7, 11) is 0. The maximum absolute atomic E-state index is 12.5. The molecule has 3 rings (SSSR count). The summed E-state index contributed by atoms with van der Waals surface area (Å²) in [6.07, 6.45) is 4.20. The smallest absolute Gasteiger partial charge is 0.348 e. The molecule has 1 fully saturated rings. The average Bonchev–Trinajstić information content (AvgIpc) is 3.22. The molecule has 2 aromatic rings. The number of carbonyl (C=O) groups excluding carboxylic acids is 2. The van der Waals surface area contributed by atoms with E-state index in [9.17, 15) is 14.4 Å². The standard InChI is InChI=1S/C19H24N2O5S/c1-4-25-19(24)15-10(2)14-17(23)20-16(21-18(14)27-15)11(3)26-13(22)9-12-7-5-6-8-12/h11-12H,4-9H2,1-3H3,(H,20,21,23)/t11-/m1/s1. The quantitative estimate of drug-likeness (QED) is 0.754. The van der Waals surface area contributed by atoms with Crippen LogP contribution in [0.2, 0.25) is 0 Å². The predicted octanol–water partition coefficient (Wildman–Crippen LogP) is 3.65. The molecule has 1 aliphatic carbocycles. The molecule has 8 heteroatoms. The van der Waals surface area contributed by atoms with Crippen molar-refractivity contribution in [1.82, 2.24) is 9.97 Å². The van der Waals surface area contributed by atoms with E-state index in [1.54, 1.807) is 20.8 Å². The number of aryl methyl sites for hydroxylation is 1. The number of nitrogens with zero attached hydrogens (tertiary/aromatic N) is 1. The first-order valence-electron chi connectivity index (χ1n) is 9.30. The fourth-order valence-electron chi connectivity index (χ4n) is 3.50. The molecule has 0 saturated heterocycles. The Balaban J connectivity index is 1.81. The van der Waals surface area contributed by atoms with Gasteiger partial charge in [0.1, 0.15) is 9.71 Å². The molecule has 2 aromatic heterocycles. The Morgan fingerprint density at radius 2 is 2.04 bits per heavy atom. The summed E-state index contributed by atoms with van der Waals surface area (Å²) in [4.78, 5) is 44.6. The van der Waals surface area contributed by atoms with Gasteiger partial charge in [-0.1, -0.05) is 12.8 Å². The number of nitrogens with one attached hydrogen (secondary N) is 1. The van der Waals surface area contributed by atoms with Crippen LogP contribution in [0.4, 0.5) is 0 Å². The van der Waals surface area contributed by atoms with E-state index in [0.29, 0.717) is 33.0 Å². The van der Waals surface area contributed by atoms with Crippen molar-refractivity contribution in [3.8, 4) is 0 Å². The van der Waals surface area contributed by atoms with Gasteiger partial charge in [0.15, 0.2) is 11.9 Å². The van der Waals surface area contributed by atoms with Gasteiger partial charge in [0, 0.05) is 6.42 Å². The van der Waals surface area contributed by atoms with E-state index in [2.05, 4.69) is 9.97 Å². The van der Waals surface area contributed by atoms with E-state index in [-0.39, 0.29) is 24.0 Å². The van der Waals surface area contributed by atoms with Gasteiger partial charge in [0.2, 0.25) is 0 Å². The molecule has 0 aliphatic heterocycles. The number of esters is 2. The van der Waals surface area contributed by atoms with Crippen LogP contribution in [0.5, 0.6) is 0 Å². The zero-order chi connectivity index (χ0) is 19.6. The molecule has 27 heavy (non-hydrogen) atoms. The van der Waals surface area contributed by atoms with Crippen LogP contribution >= 0.6 is 11.3 Å². The molecule has 0 aromatic carbocycles. The van der Waals surface area contributed by atoms with Crippen LogP contribution in [-0.2, 0) is 14.3 Å². The lowest BCUT2D eigenvalue weighted by Crippen LogP contribution is -2.18. The molecule has 2 heterocycles. The second-order valence-corrected chi connectivity index (χ2v) is 7.89. The first kappa shape index (κ1) is 19.5. The predicted molar refractivity (Wildman–Crippen MR) is 102 cm³/mol. The van der Waals surface area contributed by atoms with Crippen molar-refractivity contribution in [3.63, 3.8) is 0 Å². The number of aromatic nitrogens is 2. The number of fused-ring (bicyclic) bond motifs is 1. The molecule has 1 atom stereocenters. The van der Waals surface area contributed by atoms with E-state index in [4.69, 9.17) is 9.47 Å². The minimum atomic E-state index is -0.663. The molecular weight excluding hydrogens is 368 g/mol. The van der Waals surface area contributed by atoms with Gasteiger partial charge in [-0.15, -0.1) is 11.3 Å². The van der Waals surface area contributed by atoms with Crippen LogP contribution in [0.3, 0.4) is 0 Å². The lowest BCUT2D eigenvalue weighted by molar-refractivity contribution is -0.150. The van der Waals surface area contributed by atoms with E-state index in [1.807, 2.05) is 0 Å². The van der Waals surface area contributed by atoms with Crippen molar-refractivity contribution in [3.05, 3.63) is 26.6 Å². The second kappa shape index (κ2) is 8.21. The maximum atomic E-state index is 12.5. The van der Waals surface area contributed by atoms with Crippen LogP contribution < -0.4 is 5.56 Å². The highest BCUT2D eigenvalue weighted by atomic mass is 32.1. The van der Waals surface area contributed by atoms with Gasteiger partial charge < -0.3 is 14.5 Å². The molecule has 1 saturated carbocycles. The summed E-state index contributed by atoms with van der Waals surface area (Å²) in [6, 6.07) is 0. The van der Waals surface area contributed by atoms with Crippen molar-refractivity contribution < 1.29 is 19.1 Å². The van der Waals surface area contributed by atoms with E-state index in [0.717, 1.165) is 24.2 Å². The molecule has 1 aliphatic rings. The number of ether oxygens (including phenoxy) is 2. The Bertz CT molecular complexity index is 911. The molecule has 0 unspecified atom stereocenters. The Labute approximate surface area is 161 Å². The van der Waals surface area contributed by atoms with Crippen LogP contribution in [0.15, 0.2) is 4.79 Å². The molecule has 0 radical (unpaired) electrons. The number of H-pyrrole nitrogens is 1. The number of carbonyl (C=O) groups is 2. The molecule has 0 spiro atoms. The van der Waals surface area contributed by atoms with Gasteiger partial charge in [0.05, 0.1) is 12.0 Å². The van der Waals surface area contributed by atoms with Gasteiger partial charge >= 0.3 is 11.9 Å². The highest BCUT2D eigenvalue weighted by molar-refractivity contribution is 7.20. The number of hydrogen-bond donors (Lipinski definition) is 1. The fraction of sp³-hybridized carbons (Fsp3) is 0.579. The molecule has 0 amide bonds. The lowest BCUT2D eigenvalue weighted by atomic mass is 10.0. The van der Waals surface area contributed by atoms with Crippen molar-refractivity contribution in [1.29, 1.82) is 0 Å². The summed E-state index contributed by atoms with van der Waals surface area (Å²) >= 11 is 1.12. The van der Waals surface area contributed by atoms with Crippen molar-refractivity contribution in [2.24, 2.45) is 5.92 Å². The number of hydrogen-bond acceptors (Lipinski definition) is 7. The highest BCUT2D eigenvalue weighted by Gasteiger charge is 2.24. The summed E-state index contributed by atoms with van der Waals surface area (Å²) < 4.78 is 10.5. The summed E-state index contributed by atoms with van der Waals surface area (Å²) in [5.41, 5.74) is 0.206.